The largest absolute Gasteiger partial charge is 0.297 e. The van der Waals surface area contributed by atoms with Crippen LogP contribution in [0.2, 0.25) is 0 Å². The zero-order valence-corrected chi connectivity index (χ0v) is 12.9. The van der Waals surface area contributed by atoms with Crippen molar-refractivity contribution in [2.24, 2.45) is 5.92 Å². The van der Waals surface area contributed by atoms with Gasteiger partial charge in [0.2, 0.25) is 0 Å². The molecule has 1 aromatic carbocycles. The fourth-order valence-electron chi connectivity index (χ4n) is 3.17. The van der Waals surface area contributed by atoms with Gasteiger partial charge in [0.05, 0.1) is 5.54 Å². The van der Waals surface area contributed by atoms with Crippen molar-refractivity contribution in [3.63, 3.8) is 0 Å². The Kier molecular flexibility index (Phi) is 4.28. The van der Waals surface area contributed by atoms with Gasteiger partial charge in [-0.2, -0.15) is 0 Å². The van der Waals surface area contributed by atoms with Crippen molar-refractivity contribution in [1.82, 2.24) is 4.90 Å². The van der Waals surface area contributed by atoms with E-state index in [4.69, 9.17) is 0 Å². The second kappa shape index (κ2) is 5.65. The summed E-state index contributed by atoms with van der Waals surface area (Å²) in [5, 5.41) is 0. The molecule has 0 spiro atoms. The summed E-state index contributed by atoms with van der Waals surface area (Å²) in [6.07, 6.45) is 3.92. The summed E-state index contributed by atoms with van der Waals surface area (Å²) in [6.45, 7) is 3.95. The maximum absolute atomic E-state index is 13.4. The monoisotopic (exact) mass is 277 g/mol. The molecule has 0 aliphatic heterocycles. The Hall–Kier alpha value is -1.22. The summed E-state index contributed by atoms with van der Waals surface area (Å²) in [5.41, 5.74) is 0.748. The summed E-state index contributed by atoms with van der Waals surface area (Å²) in [4.78, 5) is 15.0. The number of aryl methyl sites for hydroxylation is 1. The van der Waals surface area contributed by atoms with Crippen LogP contribution in [0.25, 0.3) is 0 Å². The lowest BCUT2D eigenvalue weighted by Gasteiger charge is -2.43. The number of halogens is 1. The van der Waals surface area contributed by atoms with Gasteiger partial charge in [-0.05, 0) is 76.4 Å². The van der Waals surface area contributed by atoms with E-state index in [1.165, 1.54) is 6.07 Å². The molecule has 0 atom stereocenters. The van der Waals surface area contributed by atoms with Gasteiger partial charge in [0.1, 0.15) is 5.82 Å². The predicted octanol–water partition coefficient (Wildman–Crippen LogP) is 3.83. The van der Waals surface area contributed by atoms with Gasteiger partial charge in [-0.1, -0.05) is 6.92 Å². The van der Waals surface area contributed by atoms with Gasteiger partial charge in [0.25, 0.3) is 0 Å². The van der Waals surface area contributed by atoms with Gasteiger partial charge < -0.3 is 0 Å². The molecule has 1 aliphatic carbocycles. The molecule has 1 aliphatic rings. The first-order chi connectivity index (χ1) is 9.36. The molecule has 0 N–H and O–H groups in total. The zero-order valence-electron chi connectivity index (χ0n) is 12.9. The van der Waals surface area contributed by atoms with Crippen molar-refractivity contribution >= 4 is 5.78 Å². The molecule has 3 heteroatoms. The average Bonchev–Trinajstić information content (AvgIpc) is 2.42. The van der Waals surface area contributed by atoms with E-state index in [2.05, 4.69) is 11.8 Å². The Balaban J connectivity index is 2.34. The van der Waals surface area contributed by atoms with Crippen LogP contribution in [-0.4, -0.2) is 30.3 Å². The van der Waals surface area contributed by atoms with Gasteiger partial charge in [0, 0.05) is 5.56 Å². The fraction of sp³-hybridized carbons (Fsp3) is 0.588. The summed E-state index contributed by atoms with van der Waals surface area (Å²) in [6, 6.07) is 4.70. The first kappa shape index (κ1) is 15.2. The van der Waals surface area contributed by atoms with Crippen LogP contribution in [-0.2, 0) is 0 Å². The first-order valence-corrected chi connectivity index (χ1v) is 7.35. The van der Waals surface area contributed by atoms with Crippen molar-refractivity contribution < 1.29 is 9.18 Å². The van der Waals surface area contributed by atoms with E-state index in [0.29, 0.717) is 17.0 Å². The highest BCUT2D eigenvalue weighted by molar-refractivity contribution is 6.03. The van der Waals surface area contributed by atoms with Crippen LogP contribution in [0.4, 0.5) is 4.39 Å². The summed E-state index contributed by atoms with van der Waals surface area (Å²) >= 11 is 0. The van der Waals surface area contributed by atoms with Crippen LogP contribution < -0.4 is 0 Å². The molecule has 110 valence electrons. The normalized spacial score (nSPS) is 26.8. The molecule has 1 aromatic rings. The van der Waals surface area contributed by atoms with Crippen LogP contribution in [0, 0.1) is 18.7 Å². The SMILES string of the molecule is Cc1cc(C(=O)C2(N(C)C)CCC(C)CC2)ccc1F. The van der Waals surface area contributed by atoms with Crippen molar-refractivity contribution in [2.45, 2.75) is 45.1 Å². The molecule has 20 heavy (non-hydrogen) atoms. The maximum atomic E-state index is 13.4. The number of benzene rings is 1. The van der Waals surface area contributed by atoms with E-state index in [1.54, 1.807) is 19.1 Å². The molecular formula is C17H24FNO. The summed E-state index contributed by atoms with van der Waals surface area (Å²) in [5.74, 6) is 0.570. The Morgan fingerprint density at radius 3 is 2.40 bits per heavy atom. The average molecular weight is 277 g/mol. The second-order valence-corrected chi connectivity index (χ2v) is 6.40. The number of hydrogen-bond acceptors (Lipinski definition) is 2. The zero-order chi connectivity index (χ0) is 14.9. The minimum Gasteiger partial charge on any atom is -0.297 e. The molecule has 0 radical (unpaired) electrons. The third kappa shape index (κ3) is 2.64. The van der Waals surface area contributed by atoms with Crippen molar-refractivity contribution in [3.05, 3.63) is 35.1 Å². The maximum Gasteiger partial charge on any atom is 0.183 e. The molecule has 0 unspecified atom stereocenters. The van der Waals surface area contributed by atoms with Crippen LogP contribution in [0.1, 0.15) is 48.5 Å². The van der Waals surface area contributed by atoms with Crippen molar-refractivity contribution in [3.8, 4) is 0 Å². The lowest BCUT2D eigenvalue weighted by molar-refractivity contribution is 0.0513. The Morgan fingerprint density at radius 1 is 1.30 bits per heavy atom. The van der Waals surface area contributed by atoms with Crippen molar-refractivity contribution in [2.75, 3.05) is 14.1 Å². The molecule has 2 rings (SSSR count). The van der Waals surface area contributed by atoms with Gasteiger partial charge in [-0.25, -0.2) is 4.39 Å². The minimum absolute atomic E-state index is 0.137. The first-order valence-electron chi connectivity index (χ1n) is 7.35. The number of hydrogen-bond donors (Lipinski definition) is 0. The van der Waals surface area contributed by atoms with E-state index < -0.39 is 5.54 Å². The predicted molar refractivity (Wildman–Crippen MR) is 79.5 cm³/mol. The van der Waals surface area contributed by atoms with Crippen LogP contribution in [0.3, 0.4) is 0 Å². The van der Waals surface area contributed by atoms with Gasteiger partial charge in [0.15, 0.2) is 5.78 Å². The molecule has 1 saturated carbocycles. The quantitative estimate of drug-likeness (QED) is 0.783. The van der Waals surface area contributed by atoms with E-state index in [9.17, 15) is 9.18 Å². The lowest BCUT2D eigenvalue weighted by atomic mass is 9.72. The Bertz CT molecular complexity index is 502. The number of carbonyl (C=O) groups excluding carboxylic acids is 1. The van der Waals surface area contributed by atoms with Crippen molar-refractivity contribution in [1.29, 1.82) is 0 Å². The highest BCUT2D eigenvalue weighted by Crippen LogP contribution is 2.37. The Labute approximate surface area is 121 Å². The minimum atomic E-state index is -0.420. The smallest absolute Gasteiger partial charge is 0.183 e. The lowest BCUT2D eigenvalue weighted by Crippen LogP contribution is -2.53. The highest BCUT2D eigenvalue weighted by atomic mass is 19.1. The molecular weight excluding hydrogens is 253 g/mol. The third-order valence-corrected chi connectivity index (χ3v) is 4.80. The second-order valence-electron chi connectivity index (χ2n) is 6.40. The highest BCUT2D eigenvalue weighted by Gasteiger charge is 2.43. The van der Waals surface area contributed by atoms with E-state index in [1.807, 2.05) is 14.1 Å². The van der Waals surface area contributed by atoms with E-state index in [0.717, 1.165) is 25.7 Å². The van der Waals surface area contributed by atoms with Crippen LogP contribution >= 0.6 is 0 Å². The molecule has 0 saturated heterocycles. The van der Waals surface area contributed by atoms with E-state index in [-0.39, 0.29) is 11.6 Å². The van der Waals surface area contributed by atoms with Gasteiger partial charge in [-0.15, -0.1) is 0 Å². The third-order valence-electron chi connectivity index (χ3n) is 4.80. The number of nitrogens with zero attached hydrogens (tertiary/aromatic N) is 1. The van der Waals surface area contributed by atoms with Crippen LogP contribution in [0.15, 0.2) is 18.2 Å². The molecule has 0 aromatic heterocycles. The standard InChI is InChI=1S/C17H24FNO/c1-12-7-9-17(10-8-12,19(3)4)16(20)14-5-6-15(18)13(2)11-14/h5-6,11-12H,7-10H2,1-4H3. The topological polar surface area (TPSA) is 20.3 Å². The summed E-state index contributed by atoms with van der Waals surface area (Å²) < 4.78 is 13.4. The fourth-order valence-corrected chi connectivity index (χ4v) is 3.17. The molecule has 0 bridgehead atoms. The number of rotatable bonds is 3. The van der Waals surface area contributed by atoms with Gasteiger partial charge in [-0.3, -0.25) is 9.69 Å². The number of carbonyl (C=O) groups is 1. The molecule has 1 fully saturated rings. The number of ketones is 1. The van der Waals surface area contributed by atoms with E-state index >= 15 is 0 Å². The molecule has 2 nitrogen and oxygen atoms in total. The number of likely N-dealkylation sites (N-methyl/N-ethyl adjacent to an activating group) is 1. The summed E-state index contributed by atoms with van der Waals surface area (Å²) in [7, 11) is 3.95. The van der Waals surface area contributed by atoms with Gasteiger partial charge >= 0.3 is 0 Å². The number of Topliss-reactive ketones (excluding diaryl/α,β-unsaturated/α-hetero) is 1. The molecule has 0 amide bonds. The molecule has 0 heterocycles. The Morgan fingerprint density at radius 2 is 1.90 bits per heavy atom. The van der Waals surface area contributed by atoms with Crippen LogP contribution in [0.5, 0.6) is 0 Å².